The lowest BCUT2D eigenvalue weighted by Gasteiger charge is -2.42. The lowest BCUT2D eigenvalue weighted by Crippen LogP contribution is -2.49. The molecule has 174 valence electrons. The van der Waals surface area contributed by atoms with Crippen LogP contribution in [-0.2, 0) is 18.4 Å². The molecule has 0 heterocycles. The fourth-order valence-electron chi connectivity index (χ4n) is 2.39. The molecular weight excluding hydrogens is 404 g/mol. The number of hydrogen-bond acceptors (Lipinski definition) is 6. The first-order valence-electron chi connectivity index (χ1n) is 10.5. The van der Waals surface area contributed by atoms with Crippen LogP contribution >= 0.6 is 0 Å². The Bertz CT molecular complexity index is 522. The van der Waals surface area contributed by atoms with Gasteiger partial charge in [-0.25, -0.2) is 4.79 Å². The zero-order valence-electron chi connectivity index (χ0n) is 20.8. The predicted octanol–water partition coefficient (Wildman–Crippen LogP) is 4.32. The second-order valence-electron chi connectivity index (χ2n) is 11.2. The summed E-state index contributed by atoms with van der Waals surface area (Å²) in [7, 11) is -2.84. The Balaban J connectivity index is 5.45. The van der Waals surface area contributed by atoms with E-state index in [1.165, 1.54) is 7.11 Å². The summed E-state index contributed by atoms with van der Waals surface area (Å²) >= 11 is 0. The fourth-order valence-corrected chi connectivity index (χ4v) is 4.77. The van der Waals surface area contributed by atoms with Gasteiger partial charge in [0.1, 0.15) is 0 Å². The Labute approximate surface area is 180 Å². The van der Waals surface area contributed by atoms with E-state index in [1.807, 2.05) is 6.92 Å². The zero-order chi connectivity index (χ0) is 23.4. The lowest BCUT2D eigenvalue weighted by atomic mass is 9.94. The highest BCUT2D eigenvalue weighted by Gasteiger charge is 2.42. The average Bonchev–Trinajstić information content (AvgIpc) is 2.55. The van der Waals surface area contributed by atoms with Gasteiger partial charge in [-0.1, -0.05) is 48.5 Å². The van der Waals surface area contributed by atoms with Crippen molar-refractivity contribution in [2.24, 2.45) is 5.92 Å². The summed E-state index contributed by atoms with van der Waals surface area (Å²) in [6, 6.07) is 0. The van der Waals surface area contributed by atoms with Crippen molar-refractivity contribution in [3.05, 3.63) is 0 Å². The summed E-state index contributed by atoms with van der Waals surface area (Å²) in [5, 5.41) is 20.6. The molecule has 0 spiro atoms. The van der Waals surface area contributed by atoms with Crippen molar-refractivity contribution in [2.45, 2.75) is 109 Å². The first kappa shape index (κ1) is 28.7. The smallest absolute Gasteiger partial charge is 0.337 e. The molecule has 0 aromatic rings. The van der Waals surface area contributed by atoms with E-state index >= 15 is 0 Å². The molecule has 29 heavy (non-hydrogen) atoms. The van der Waals surface area contributed by atoms with Crippen molar-refractivity contribution < 1.29 is 28.6 Å². The molecule has 0 aromatic heterocycles. The molecule has 6 nitrogen and oxygen atoms in total. The first-order valence-corrected chi connectivity index (χ1v) is 16.3. The maximum absolute atomic E-state index is 11.6. The van der Waals surface area contributed by atoms with Gasteiger partial charge in [-0.2, -0.15) is 0 Å². The van der Waals surface area contributed by atoms with Crippen molar-refractivity contribution in [3.63, 3.8) is 0 Å². The van der Waals surface area contributed by atoms with Gasteiger partial charge in [0.25, 0.3) is 0 Å². The third-order valence-corrected chi connectivity index (χ3v) is 15.7. The molecule has 2 N–H and O–H groups in total. The monoisotopic (exact) mass is 450 g/mol. The van der Waals surface area contributed by atoms with Crippen LogP contribution in [0.25, 0.3) is 0 Å². The molecule has 8 heteroatoms. The third kappa shape index (κ3) is 8.42. The number of rotatable bonds is 10. The van der Waals surface area contributed by atoms with E-state index in [0.717, 1.165) is 0 Å². The summed E-state index contributed by atoms with van der Waals surface area (Å²) < 4.78 is 17.6. The largest absolute Gasteiger partial charge is 0.467 e. The van der Waals surface area contributed by atoms with Gasteiger partial charge in [0.15, 0.2) is 22.7 Å². The highest BCUT2D eigenvalue weighted by Crippen LogP contribution is 2.40. The van der Waals surface area contributed by atoms with Gasteiger partial charge in [0.2, 0.25) is 0 Å². The molecule has 0 saturated carbocycles. The number of carbonyl (C=O) groups excluding carboxylic acids is 1. The Hall–Kier alpha value is -0.256. The van der Waals surface area contributed by atoms with Crippen LogP contribution in [0, 0.1) is 5.92 Å². The van der Waals surface area contributed by atoms with E-state index in [9.17, 15) is 15.0 Å². The molecule has 0 bridgehead atoms. The van der Waals surface area contributed by atoms with Gasteiger partial charge in [-0.3, -0.25) is 0 Å². The molecule has 0 aromatic carbocycles. The molecule has 0 aliphatic carbocycles. The SMILES string of the molecule is COC(=O)[C@H](O)[C@@H](O)[C@H](C)C[C@H](CO[Si](C)(C)C(C)(C)C)O[Si](C)(C)C(C)(C)C. The summed E-state index contributed by atoms with van der Waals surface area (Å²) in [6.07, 6.45) is -2.53. The average molecular weight is 451 g/mol. The van der Waals surface area contributed by atoms with Crippen LogP contribution in [0.4, 0.5) is 0 Å². The molecule has 0 saturated heterocycles. The van der Waals surface area contributed by atoms with Crippen molar-refractivity contribution in [1.82, 2.24) is 0 Å². The van der Waals surface area contributed by atoms with Crippen LogP contribution in [0.3, 0.4) is 0 Å². The molecular formula is C21H46O6Si2. The van der Waals surface area contributed by atoms with E-state index in [-0.39, 0.29) is 22.1 Å². The number of hydrogen-bond donors (Lipinski definition) is 2. The second kappa shape index (κ2) is 10.4. The minimum atomic E-state index is -2.07. The molecule has 0 fully saturated rings. The number of ether oxygens (including phenoxy) is 1. The van der Waals surface area contributed by atoms with Gasteiger partial charge >= 0.3 is 5.97 Å². The van der Waals surface area contributed by atoms with Gasteiger partial charge in [-0.05, 0) is 48.6 Å². The lowest BCUT2D eigenvalue weighted by molar-refractivity contribution is -0.159. The quantitative estimate of drug-likeness (QED) is 0.381. The number of esters is 1. The van der Waals surface area contributed by atoms with Gasteiger partial charge in [0, 0.05) is 0 Å². The maximum Gasteiger partial charge on any atom is 0.337 e. The molecule has 0 aliphatic rings. The fraction of sp³-hybridized carbons (Fsp3) is 0.952. The van der Waals surface area contributed by atoms with E-state index in [4.69, 9.17) is 8.85 Å². The van der Waals surface area contributed by atoms with Crippen LogP contribution in [-0.4, -0.2) is 64.8 Å². The topological polar surface area (TPSA) is 85.2 Å². The van der Waals surface area contributed by atoms with Crippen molar-refractivity contribution >= 4 is 22.6 Å². The first-order chi connectivity index (χ1) is 12.8. The van der Waals surface area contributed by atoms with E-state index in [0.29, 0.717) is 13.0 Å². The normalized spacial score (nSPS) is 18.1. The molecule has 4 atom stereocenters. The molecule has 0 rings (SSSR count). The van der Waals surface area contributed by atoms with E-state index in [1.54, 1.807) is 0 Å². The van der Waals surface area contributed by atoms with Gasteiger partial charge in [0.05, 0.1) is 25.9 Å². The van der Waals surface area contributed by atoms with Crippen LogP contribution < -0.4 is 0 Å². The van der Waals surface area contributed by atoms with E-state index < -0.39 is 34.8 Å². The Kier molecular flexibility index (Phi) is 10.3. The van der Waals surface area contributed by atoms with Crippen molar-refractivity contribution in [3.8, 4) is 0 Å². The molecule has 0 aliphatic heterocycles. The summed E-state index contributed by atoms with van der Waals surface area (Å²) in [6.45, 7) is 24.2. The van der Waals surface area contributed by atoms with Crippen molar-refractivity contribution in [1.29, 1.82) is 0 Å². The number of aliphatic hydroxyl groups excluding tert-OH is 2. The Morgan fingerprint density at radius 3 is 1.76 bits per heavy atom. The standard InChI is InChI=1S/C21H46O6Si2/c1-15(17(22)18(23)19(24)25-8)13-16(27-29(11,12)21(5,6)7)14-26-28(9,10)20(2,3)4/h15-18,22-23H,13-14H2,1-12H3/t15-,16-,17+,18-/m1/s1. The number of aliphatic hydroxyl groups is 2. The summed E-state index contributed by atoms with van der Waals surface area (Å²) in [4.78, 5) is 11.6. The van der Waals surface area contributed by atoms with Crippen molar-refractivity contribution in [2.75, 3.05) is 13.7 Å². The third-order valence-electron chi connectivity index (χ3n) is 6.69. The number of carbonyl (C=O) groups is 1. The van der Waals surface area contributed by atoms with Crippen LogP contribution in [0.15, 0.2) is 0 Å². The molecule has 0 radical (unpaired) electrons. The Morgan fingerprint density at radius 2 is 1.38 bits per heavy atom. The number of methoxy groups -OCH3 is 1. The van der Waals surface area contributed by atoms with E-state index in [2.05, 4.69) is 72.5 Å². The van der Waals surface area contributed by atoms with Crippen LogP contribution in [0.1, 0.15) is 54.9 Å². The maximum atomic E-state index is 11.6. The van der Waals surface area contributed by atoms with Gasteiger partial charge in [-0.15, -0.1) is 0 Å². The molecule has 0 unspecified atom stereocenters. The summed E-state index contributed by atoms with van der Waals surface area (Å²) in [5.41, 5.74) is 0. The van der Waals surface area contributed by atoms with Crippen LogP contribution in [0.2, 0.25) is 36.3 Å². The highest BCUT2D eigenvalue weighted by atomic mass is 28.4. The molecule has 0 amide bonds. The minimum Gasteiger partial charge on any atom is -0.467 e. The zero-order valence-corrected chi connectivity index (χ0v) is 22.8. The highest BCUT2D eigenvalue weighted by molar-refractivity contribution is 6.74. The Morgan fingerprint density at radius 1 is 0.931 bits per heavy atom. The summed E-state index contributed by atoms with van der Waals surface area (Å²) in [5.74, 6) is -1.19. The van der Waals surface area contributed by atoms with Crippen LogP contribution in [0.5, 0.6) is 0 Å². The predicted molar refractivity (Wildman–Crippen MR) is 123 cm³/mol. The van der Waals surface area contributed by atoms with Gasteiger partial charge < -0.3 is 23.8 Å². The minimum absolute atomic E-state index is 0.0373. The second-order valence-corrected chi connectivity index (χ2v) is 20.8.